The second-order valence-electron chi connectivity index (χ2n) is 6.50. The molecular weight excluding hydrogens is 462 g/mol. The summed E-state index contributed by atoms with van der Waals surface area (Å²) in [5.41, 5.74) is 2.34. The van der Waals surface area contributed by atoms with Crippen molar-refractivity contribution in [1.82, 2.24) is 0 Å². The fourth-order valence-corrected chi connectivity index (χ4v) is 3.27. The van der Waals surface area contributed by atoms with E-state index in [-0.39, 0.29) is 34.1 Å². The molecule has 156 valence electrons. The predicted octanol–water partition coefficient (Wildman–Crippen LogP) is 6.79. The predicted molar refractivity (Wildman–Crippen MR) is 120 cm³/mol. The zero-order valence-electron chi connectivity index (χ0n) is 16.9. The van der Waals surface area contributed by atoms with Gasteiger partial charge in [0.15, 0.2) is 0 Å². The van der Waals surface area contributed by atoms with Gasteiger partial charge in [0.1, 0.15) is 0 Å². The van der Waals surface area contributed by atoms with Crippen LogP contribution in [0, 0.1) is 11.3 Å². The van der Waals surface area contributed by atoms with Crippen molar-refractivity contribution in [2.45, 2.75) is 5.41 Å². The minimum Gasteiger partial charge on any atom is -0.214 e. The molecule has 0 aromatic heterocycles. The SMILES string of the molecule is N#CC(c1ccccc1)([c-]1cccc1)[c-]1cccc1.[Fe+2].[Fe+2].c1cc[cH-]c1.c1cc[cH-]c1. The Labute approximate surface area is 206 Å². The summed E-state index contributed by atoms with van der Waals surface area (Å²) in [4.78, 5) is 0. The first-order valence-electron chi connectivity index (χ1n) is 9.62. The Morgan fingerprint density at radius 2 is 0.968 bits per heavy atom. The molecule has 0 radical (unpaired) electrons. The van der Waals surface area contributed by atoms with Gasteiger partial charge in [-0.3, -0.25) is 0 Å². The average Bonchev–Trinajstić information content (AvgIpc) is 3.59. The van der Waals surface area contributed by atoms with Crippen LogP contribution in [0.15, 0.2) is 140 Å². The summed E-state index contributed by atoms with van der Waals surface area (Å²) in [6.45, 7) is 0. The Kier molecular flexibility index (Phi) is 12.0. The Bertz CT molecular complexity index is 939. The molecule has 0 aliphatic heterocycles. The van der Waals surface area contributed by atoms with Crippen molar-refractivity contribution < 1.29 is 34.1 Å². The first-order valence-corrected chi connectivity index (χ1v) is 9.62. The van der Waals surface area contributed by atoms with E-state index in [9.17, 15) is 5.26 Å². The maximum Gasteiger partial charge on any atom is 2.00 e. The molecule has 0 N–H and O–H groups in total. The van der Waals surface area contributed by atoms with Gasteiger partial charge in [0.05, 0.1) is 6.07 Å². The van der Waals surface area contributed by atoms with Crippen LogP contribution in [0.3, 0.4) is 0 Å². The first-order chi connectivity index (χ1) is 14.4. The minimum absolute atomic E-state index is 0. The van der Waals surface area contributed by atoms with Gasteiger partial charge in [-0.25, -0.2) is 48.5 Å². The monoisotopic (exact) mass is 485 g/mol. The third kappa shape index (κ3) is 6.83. The summed E-state index contributed by atoms with van der Waals surface area (Å²) < 4.78 is 0. The summed E-state index contributed by atoms with van der Waals surface area (Å²) in [6.07, 6.45) is 0. The molecule has 0 atom stereocenters. The standard InChI is InChI=1S/C18H13N.2C5H5.2Fe/c19-14-18(16-10-4-5-11-16,17-12-6-7-13-17)15-8-2-1-3-9-15;2*1-2-4-5-3-1;;/h1-13H;2*1-5H;;/q-2;2*-1;2*+2. The van der Waals surface area contributed by atoms with Gasteiger partial charge in [0.2, 0.25) is 0 Å². The molecule has 0 saturated heterocycles. The molecule has 0 heterocycles. The van der Waals surface area contributed by atoms with E-state index in [0.29, 0.717) is 0 Å². The molecule has 0 aliphatic carbocycles. The van der Waals surface area contributed by atoms with Crippen molar-refractivity contribution in [2.24, 2.45) is 0 Å². The summed E-state index contributed by atoms with van der Waals surface area (Å²) in [6, 6.07) is 48.5. The molecule has 0 saturated carbocycles. The molecule has 0 spiro atoms. The van der Waals surface area contributed by atoms with E-state index in [2.05, 4.69) is 6.07 Å². The van der Waals surface area contributed by atoms with Crippen LogP contribution in [0.25, 0.3) is 0 Å². The van der Waals surface area contributed by atoms with Gasteiger partial charge in [0, 0.05) is 5.41 Å². The van der Waals surface area contributed by atoms with E-state index in [1.165, 1.54) is 0 Å². The fraction of sp³-hybridized carbons (Fsp3) is 0.0357. The Balaban J connectivity index is 0.000000331. The maximum absolute atomic E-state index is 9.92. The molecule has 0 amide bonds. The molecule has 1 nitrogen and oxygen atoms in total. The van der Waals surface area contributed by atoms with Crippen molar-refractivity contribution >= 4 is 0 Å². The zero-order chi connectivity index (χ0) is 20.2. The number of benzene rings is 1. The molecule has 0 unspecified atom stereocenters. The normalized spacial score (nSPS) is 9.39. The summed E-state index contributed by atoms with van der Waals surface area (Å²) in [7, 11) is 0. The zero-order valence-corrected chi connectivity index (χ0v) is 19.1. The Hall–Kier alpha value is -2.85. The van der Waals surface area contributed by atoms with E-state index < -0.39 is 5.41 Å². The van der Waals surface area contributed by atoms with Crippen LogP contribution in [-0.4, -0.2) is 0 Å². The second-order valence-corrected chi connectivity index (χ2v) is 6.50. The quantitative estimate of drug-likeness (QED) is 0.204. The summed E-state index contributed by atoms with van der Waals surface area (Å²) in [5.74, 6) is 0. The molecule has 5 rings (SSSR count). The van der Waals surface area contributed by atoms with Gasteiger partial charge in [-0.05, 0) is 5.56 Å². The molecule has 3 heteroatoms. The molecule has 0 aliphatic rings. The number of hydrogen-bond donors (Lipinski definition) is 0. The van der Waals surface area contributed by atoms with Crippen molar-refractivity contribution in [2.75, 3.05) is 0 Å². The van der Waals surface area contributed by atoms with Crippen LogP contribution in [0.4, 0.5) is 0 Å². The van der Waals surface area contributed by atoms with Crippen LogP contribution >= 0.6 is 0 Å². The number of rotatable bonds is 3. The minimum atomic E-state index is -0.714. The van der Waals surface area contributed by atoms with E-state index in [4.69, 9.17) is 0 Å². The van der Waals surface area contributed by atoms with Crippen LogP contribution in [0.5, 0.6) is 0 Å². The number of nitrogens with zero attached hydrogens (tertiary/aromatic N) is 1. The van der Waals surface area contributed by atoms with Crippen LogP contribution in [-0.2, 0) is 39.6 Å². The van der Waals surface area contributed by atoms with E-state index >= 15 is 0 Å². The topological polar surface area (TPSA) is 23.8 Å². The molecule has 31 heavy (non-hydrogen) atoms. The van der Waals surface area contributed by atoms with Gasteiger partial charge >= 0.3 is 34.1 Å². The number of nitriles is 1. The smallest absolute Gasteiger partial charge is 0.214 e. The Morgan fingerprint density at radius 3 is 1.26 bits per heavy atom. The Morgan fingerprint density at radius 1 is 0.581 bits per heavy atom. The molecule has 0 fully saturated rings. The van der Waals surface area contributed by atoms with Crippen LogP contribution in [0.1, 0.15) is 16.7 Å². The second kappa shape index (κ2) is 14.2. The summed E-state index contributed by atoms with van der Waals surface area (Å²) in [5, 5.41) is 9.92. The number of hydrogen-bond acceptors (Lipinski definition) is 1. The summed E-state index contributed by atoms with van der Waals surface area (Å²) >= 11 is 0. The average molecular weight is 485 g/mol. The van der Waals surface area contributed by atoms with Crippen LogP contribution in [0.2, 0.25) is 0 Å². The molecule has 0 bridgehead atoms. The van der Waals surface area contributed by atoms with E-state index in [0.717, 1.165) is 16.7 Å². The van der Waals surface area contributed by atoms with Crippen molar-refractivity contribution in [3.8, 4) is 6.07 Å². The maximum atomic E-state index is 9.92. The van der Waals surface area contributed by atoms with Gasteiger partial charge in [-0.15, -0.1) is 11.1 Å². The fourth-order valence-electron chi connectivity index (χ4n) is 3.27. The van der Waals surface area contributed by atoms with Gasteiger partial charge in [0.25, 0.3) is 0 Å². The third-order valence-corrected chi connectivity index (χ3v) is 4.68. The van der Waals surface area contributed by atoms with E-state index in [1.54, 1.807) is 0 Å². The first kappa shape index (κ1) is 26.2. The third-order valence-electron chi connectivity index (χ3n) is 4.68. The van der Waals surface area contributed by atoms with E-state index in [1.807, 2.05) is 140 Å². The van der Waals surface area contributed by atoms with Gasteiger partial charge < -0.3 is 0 Å². The van der Waals surface area contributed by atoms with Gasteiger partial charge in [-0.2, -0.15) is 65.9 Å². The van der Waals surface area contributed by atoms with Crippen LogP contribution < -0.4 is 0 Å². The van der Waals surface area contributed by atoms with Crippen molar-refractivity contribution in [3.63, 3.8) is 0 Å². The molecular formula is C28H23Fe2N. The molecule has 5 aromatic rings. The molecule has 5 aromatic carbocycles. The largest absolute Gasteiger partial charge is 2.00 e. The van der Waals surface area contributed by atoms with Crippen molar-refractivity contribution in [1.29, 1.82) is 5.26 Å². The van der Waals surface area contributed by atoms with Crippen molar-refractivity contribution in [3.05, 3.63) is 156 Å². The van der Waals surface area contributed by atoms with Gasteiger partial charge in [-0.1, -0.05) is 30.3 Å².